The lowest BCUT2D eigenvalue weighted by molar-refractivity contribution is -0.143. The summed E-state index contributed by atoms with van der Waals surface area (Å²) in [5.74, 6) is -0.544. The Morgan fingerprint density at radius 2 is 2.15 bits per heavy atom. The van der Waals surface area contributed by atoms with Gasteiger partial charge in [-0.1, -0.05) is 0 Å². The number of aliphatic carboxylic acids is 1. The van der Waals surface area contributed by atoms with Gasteiger partial charge in [-0.2, -0.15) is 0 Å². The number of carboxylic acids is 1. The van der Waals surface area contributed by atoms with Crippen LogP contribution in [0.15, 0.2) is 24.3 Å². The Bertz CT molecular complexity index is 435. The second kappa shape index (κ2) is 7.24. The Morgan fingerprint density at radius 1 is 1.40 bits per heavy atom. The Balaban J connectivity index is 1.65. The van der Waals surface area contributed by atoms with Gasteiger partial charge in [-0.25, -0.2) is 4.39 Å². The molecule has 4 nitrogen and oxygen atoms in total. The standard InChI is InChI=1S/C15H20FNO3/c16-13-4-6-14(7-5-13)20-10-2-9-17-8-1-3-12(11-17)15(18)19/h4-7,12H,1-3,8-11H2,(H,18,19)/t12-/m1/s1. The number of ether oxygens (including phenoxy) is 1. The van der Waals surface area contributed by atoms with Crippen LogP contribution >= 0.6 is 0 Å². The zero-order chi connectivity index (χ0) is 14.4. The Morgan fingerprint density at radius 3 is 2.85 bits per heavy atom. The van der Waals surface area contributed by atoms with Crippen LogP contribution in [0.3, 0.4) is 0 Å². The highest BCUT2D eigenvalue weighted by molar-refractivity contribution is 5.70. The molecule has 1 fully saturated rings. The van der Waals surface area contributed by atoms with Crippen LogP contribution in [-0.4, -0.2) is 42.2 Å². The van der Waals surface area contributed by atoms with E-state index in [4.69, 9.17) is 9.84 Å². The second-order valence-electron chi connectivity index (χ2n) is 5.13. The molecular weight excluding hydrogens is 261 g/mol. The van der Waals surface area contributed by atoms with Crippen molar-refractivity contribution in [3.8, 4) is 5.75 Å². The van der Waals surface area contributed by atoms with Crippen LogP contribution in [-0.2, 0) is 4.79 Å². The monoisotopic (exact) mass is 281 g/mol. The molecule has 0 amide bonds. The molecule has 1 saturated heterocycles. The minimum atomic E-state index is -0.697. The maximum absolute atomic E-state index is 12.7. The number of nitrogens with zero attached hydrogens (tertiary/aromatic N) is 1. The third-order valence-corrected chi connectivity index (χ3v) is 3.56. The highest BCUT2D eigenvalue weighted by Gasteiger charge is 2.24. The number of carbonyl (C=O) groups is 1. The van der Waals surface area contributed by atoms with E-state index >= 15 is 0 Å². The predicted octanol–water partition coefficient (Wildman–Crippen LogP) is 2.39. The summed E-state index contributed by atoms with van der Waals surface area (Å²) in [6.45, 7) is 2.98. The van der Waals surface area contributed by atoms with Crippen LogP contribution in [0.5, 0.6) is 5.75 Å². The first kappa shape index (κ1) is 14.8. The van der Waals surface area contributed by atoms with Gasteiger partial charge in [0.15, 0.2) is 0 Å². The number of halogens is 1. The maximum Gasteiger partial charge on any atom is 0.307 e. The largest absolute Gasteiger partial charge is 0.494 e. The van der Waals surface area contributed by atoms with Gasteiger partial charge >= 0.3 is 5.97 Å². The second-order valence-corrected chi connectivity index (χ2v) is 5.13. The molecule has 0 unspecified atom stereocenters. The van der Waals surface area contributed by atoms with Gasteiger partial charge in [0.25, 0.3) is 0 Å². The summed E-state index contributed by atoms with van der Waals surface area (Å²) in [6, 6.07) is 5.96. The summed E-state index contributed by atoms with van der Waals surface area (Å²) >= 11 is 0. The summed E-state index contributed by atoms with van der Waals surface area (Å²) in [4.78, 5) is 13.1. The number of likely N-dealkylation sites (tertiary alicyclic amines) is 1. The van der Waals surface area contributed by atoms with Gasteiger partial charge in [0.1, 0.15) is 11.6 Å². The third kappa shape index (κ3) is 4.49. The van der Waals surface area contributed by atoms with E-state index in [1.54, 1.807) is 12.1 Å². The third-order valence-electron chi connectivity index (χ3n) is 3.56. The molecule has 0 radical (unpaired) electrons. The number of hydrogen-bond acceptors (Lipinski definition) is 3. The van der Waals surface area contributed by atoms with Gasteiger partial charge in [0.05, 0.1) is 12.5 Å². The van der Waals surface area contributed by atoms with Crippen molar-refractivity contribution in [2.24, 2.45) is 5.92 Å². The number of benzene rings is 1. The van der Waals surface area contributed by atoms with Crippen LogP contribution in [0.1, 0.15) is 19.3 Å². The minimum Gasteiger partial charge on any atom is -0.494 e. The first-order valence-electron chi connectivity index (χ1n) is 6.98. The average molecular weight is 281 g/mol. The van der Waals surface area contributed by atoms with Gasteiger partial charge in [0.2, 0.25) is 0 Å². The lowest BCUT2D eigenvalue weighted by Gasteiger charge is -2.30. The summed E-state index contributed by atoms with van der Waals surface area (Å²) in [6.07, 6.45) is 2.55. The SMILES string of the molecule is O=C(O)[C@@H]1CCCN(CCCOc2ccc(F)cc2)C1. The average Bonchev–Trinajstić information content (AvgIpc) is 2.46. The van der Waals surface area contributed by atoms with Crippen molar-refractivity contribution in [2.45, 2.75) is 19.3 Å². The normalized spacial score (nSPS) is 19.8. The fourth-order valence-corrected chi connectivity index (χ4v) is 2.47. The van der Waals surface area contributed by atoms with Crippen molar-refractivity contribution in [2.75, 3.05) is 26.2 Å². The van der Waals surface area contributed by atoms with E-state index in [1.165, 1.54) is 12.1 Å². The number of hydrogen-bond donors (Lipinski definition) is 1. The maximum atomic E-state index is 12.7. The van der Waals surface area contributed by atoms with Crippen LogP contribution < -0.4 is 4.74 Å². The van der Waals surface area contributed by atoms with Gasteiger partial charge in [-0.15, -0.1) is 0 Å². The van der Waals surface area contributed by atoms with Gasteiger partial charge < -0.3 is 14.7 Å². The summed E-state index contributed by atoms with van der Waals surface area (Å²) in [5, 5.41) is 9.02. The Kier molecular flexibility index (Phi) is 5.35. The summed E-state index contributed by atoms with van der Waals surface area (Å²) in [5.41, 5.74) is 0. The molecule has 0 aromatic heterocycles. The molecule has 2 rings (SSSR count). The van der Waals surface area contributed by atoms with Crippen LogP contribution in [0.25, 0.3) is 0 Å². The highest BCUT2D eigenvalue weighted by Crippen LogP contribution is 2.17. The molecule has 1 aliphatic rings. The molecule has 0 saturated carbocycles. The molecule has 1 aliphatic heterocycles. The zero-order valence-corrected chi connectivity index (χ0v) is 11.4. The first-order chi connectivity index (χ1) is 9.65. The van der Waals surface area contributed by atoms with Crippen LogP contribution in [0.2, 0.25) is 0 Å². The molecule has 1 aromatic rings. The van der Waals surface area contributed by atoms with E-state index in [1.807, 2.05) is 0 Å². The van der Waals surface area contributed by atoms with Gasteiger partial charge in [-0.05, 0) is 50.1 Å². The van der Waals surface area contributed by atoms with Crippen molar-refractivity contribution in [3.63, 3.8) is 0 Å². The lowest BCUT2D eigenvalue weighted by Crippen LogP contribution is -2.39. The Hall–Kier alpha value is -1.62. The minimum absolute atomic E-state index is 0.234. The number of piperidine rings is 1. The topological polar surface area (TPSA) is 49.8 Å². The lowest BCUT2D eigenvalue weighted by atomic mass is 9.98. The zero-order valence-electron chi connectivity index (χ0n) is 11.4. The summed E-state index contributed by atoms with van der Waals surface area (Å²) in [7, 11) is 0. The van der Waals surface area contributed by atoms with Crippen molar-refractivity contribution in [1.29, 1.82) is 0 Å². The predicted molar refractivity (Wildman–Crippen MR) is 73.3 cm³/mol. The van der Waals surface area contributed by atoms with E-state index in [2.05, 4.69) is 4.90 Å². The molecule has 0 spiro atoms. The molecular formula is C15H20FNO3. The smallest absolute Gasteiger partial charge is 0.307 e. The molecule has 0 aliphatic carbocycles. The molecule has 0 bridgehead atoms. The van der Waals surface area contributed by atoms with Crippen molar-refractivity contribution in [1.82, 2.24) is 4.90 Å². The van der Waals surface area contributed by atoms with Crippen molar-refractivity contribution < 1.29 is 19.0 Å². The van der Waals surface area contributed by atoms with Crippen LogP contribution in [0.4, 0.5) is 4.39 Å². The number of rotatable bonds is 6. The van der Waals surface area contributed by atoms with Crippen molar-refractivity contribution >= 4 is 5.97 Å². The van der Waals surface area contributed by atoms with E-state index in [0.717, 1.165) is 32.4 Å². The highest BCUT2D eigenvalue weighted by atomic mass is 19.1. The molecule has 5 heteroatoms. The van der Waals surface area contributed by atoms with E-state index < -0.39 is 5.97 Å². The number of carboxylic acid groups (broad SMARTS) is 1. The molecule has 110 valence electrons. The van der Waals surface area contributed by atoms with Gasteiger partial charge in [-0.3, -0.25) is 4.79 Å². The van der Waals surface area contributed by atoms with E-state index in [-0.39, 0.29) is 11.7 Å². The summed E-state index contributed by atoms with van der Waals surface area (Å²) < 4.78 is 18.2. The van der Waals surface area contributed by atoms with Crippen molar-refractivity contribution in [3.05, 3.63) is 30.1 Å². The Labute approximate surface area is 118 Å². The quantitative estimate of drug-likeness (QED) is 0.813. The van der Waals surface area contributed by atoms with Crippen LogP contribution in [0, 0.1) is 11.7 Å². The molecule has 1 aromatic carbocycles. The van der Waals surface area contributed by atoms with Gasteiger partial charge in [0, 0.05) is 13.1 Å². The molecule has 1 heterocycles. The van der Waals surface area contributed by atoms with E-state index in [9.17, 15) is 9.18 Å². The molecule has 20 heavy (non-hydrogen) atoms. The fourth-order valence-electron chi connectivity index (χ4n) is 2.47. The molecule has 1 atom stereocenters. The molecule has 1 N–H and O–H groups in total. The van der Waals surface area contributed by atoms with E-state index in [0.29, 0.717) is 18.9 Å². The first-order valence-corrected chi connectivity index (χ1v) is 6.98. The fraction of sp³-hybridized carbons (Fsp3) is 0.533.